The molecule has 0 radical (unpaired) electrons. The molecule has 0 aromatic carbocycles. The maximum atomic E-state index is 11.1. The van der Waals surface area contributed by atoms with Crippen molar-refractivity contribution in [2.75, 3.05) is 31.4 Å². The van der Waals surface area contributed by atoms with Crippen molar-refractivity contribution in [2.45, 2.75) is 0 Å². The number of nitrogens with zero attached hydrogens (tertiary/aromatic N) is 19. The summed E-state index contributed by atoms with van der Waals surface area (Å²) in [4.78, 5) is 95.9. The van der Waals surface area contributed by atoms with Crippen LogP contribution < -0.4 is 36.1 Å². The van der Waals surface area contributed by atoms with E-state index in [9.17, 15) is 34.1 Å². The minimum atomic E-state index is -1.26. The Labute approximate surface area is 549 Å². The predicted molar refractivity (Wildman–Crippen MR) is 316 cm³/mol. The van der Waals surface area contributed by atoms with Crippen LogP contribution in [0.5, 0.6) is 0 Å². The Morgan fingerprint density at radius 3 is 1.17 bits per heavy atom. The normalized spacial score (nSPS) is 8.82. The van der Waals surface area contributed by atoms with Gasteiger partial charge in [0.05, 0.1) is 88.4 Å². The minimum Gasteiger partial charge on any atom is -0.870 e. The number of nitro groups is 1. The number of hydrogen-bond acceptors (Lipinski definition) is 25. The third kappa shape index (κ3) is 29.0. The number of esters is 2. The molecule has 9 N–H and O–H groups in total. The molecule has 0 aliphatic rings. The molecule has 0 bridgehead atoms. The number of rotatable bonds is 9. The summed E-state index contributed by atoms with van der Waals surface area (Å²) in [5.41, 5.74) is 40.2. The van der Waals surface area contributed by atoms with Crippen LogP contribution in [0.15, 0.2) is 101 Å². The van der Waals surface area contributed by atoms with Gasteiger partial charge in [0, 0.05) is 64.2 Å². The number of carbonyl (C=O) groups excluding carboxylic acids is 3. The van der Waals surface area contributed by atoms with Crippen LogP contribution in [0.2, 0.25) is 35.2 Å². The van der Waals surface area contributed by atoms with Crippen molar-refractivity contribution in [3.05, 3.63) is 202 Å². The van der Waals surface area contributed by atoms with Crippen LogP contribution in [0.3, 0.4) is 0 Å². The number of pyridine rings is 7. The Morgan fingerprint density at radius 2 is 0.830 bits per heavy atom. The van der Waals surface area contributed by atoms with Gasteiger partial charge in [0.1, 0.15) is 17.8 Å². The van der Waals surface area contributed by atoms with Crippen molar-refractivity contribution in [2.24, 2.45) is 15.3 Å². The van der Waals surface area contributed by atoms with E-state index < -0.39 is 34.0 Å². The Bertz CT molecular complexity index is 3810. The Kier molecular flexibility index (Phi) is 40.5. The molecule has 7 rings (SSSR count). The number of methoxy groups -OCH3 is 2. The molecule has 34 nitrogen and oxygen atoms in total. The summed E-state index contributed by atoms with van der Waals surface area (Å²) in [6, 6.07) is 12.7. The van der Waals surface area contributed by atoms with E-state index in [1.54, 1.807) is 6.07 Å². The average Bonchev–Trinajstić information content (AvgIpc) is 3.46. The number of anilines is 3. The van der Waals surface area contributed by atoms with Gasteiger partial charge in [0.25, 0.3) is 5.24 Å². The van der Waals surface area contributed by atoms with Crippen LogP contribution in [-0.4, -0.2) is 98.8 Å². The van der Waals surface area contributed by atoms with Crippen LogP contribution in [0.4, 0.5) is 39.8 Å². The molecule has 0 aliphatic heterocycles. The quantitative estimate of drug-likeness (QED) is 0.0131. The largest absolute Gasteiger partial charge is 1.00 e. The van der Waals surface area contributed by atoms with Crippen molar-refractivity contribution < 1.29 is 72.9 Å². The first kappa shape index (κ1) is 82.7. The zero-order chi connectivity index (χ0) is 64.5. The van der Waals surface area contributed by atoms with Gasteiger partial charge in [0.2, 0.25) is 5.69 Å². The summed E-state index contributed by atoms with van der Waals surface area (Å²) in [5, 5.41) is 55.0. The zero-order valence-corrected chi connectivity index (χ0v) is 50.6. The van der Waals surface area contributed by atoms with E-state index in [0.717, 1.165) is 6.07 Å². The molecule has 7 heterocycles. The van der Waals surface area contributed by atoms with Gasteiger partial charge in [-0.1, -0.05) is 96.5 Å². The first-order chi connectivity index (χ1) is 40.1. The first-order valence-corrected chi connectivity index (χ1v) is 23.9. The van der Waals surface area contributed by atoms with Crippen molar-refractivity contribution in [1.29, 1.82) is 10.5 Å². The molecule has 88 heavy (non-hydrogen) atoms. The van der Waals surface area contributed by atoms with Crippen LogP contribution in [-0.2, 0) is 9.47 Å². The molecular formula is C44H30Cl9LiN22O12. The number of nitriles is 2. The van der Waals surface area contributed by atoms with Crippen molar-refractivity contribution >= 4 is 174 Å². The fourth-order valence-electron chi connectivity index (χ4n) is 4.79. The third-order valence-corrected chi connectivity index (χ3v) is 9.83. The van der Waals surface area contributed by atoms with Crippen molar-refractivity contribution in [1.82, 2.24) is 34.9 Å². The molecule has 0 fully saturated rings. The number of carboxylic acids is 2. The molecule has 0 spiro atoms. The van der Waals surface area contributed by atoms with Gasteiger partial charge in [-0.15, -0.1) is 12.4 Å². The number of carboxylic acid groups (broad SMARTS) is 2. The maximum absolute atomic E-state index is 11.1. The van der Waals surface area contributed by atoms with Crippen LogP contribution >= 0.6 is 105 Å². The molecule has 7 aromatic rings. The molecule has 0 aliphatic carbocycles. The molecule has 7 aromatic heterocycles. The number of hydrogen-bond donors (Lipinski definition) is 5. The summed E-state index contributed by atoms with van der Waals surface area (Å²) in [6.07, 6.45) is 8.83. The second-order valence-electron chi connectivity index (χ2n) is 13.8. The number of nitrogens with two attached hydrogens (primary N) is 3. The van der Waals surface area contributed by atoms with E-state index in [0.29, 0.717) is 20.8 Å². The number of carbonyl (C=O) groups is 5. The van der Waals surface area contributed by atoms with Gasteiger partial charge in [-0.05, 0) is 64.6 Å². The van der Waals surface area contributed by atoms with Crippen LogP contribution in [0, 0.1) is 32.8 Å². The average molecular weight is 1380 g/mol. The fraction of sp³-hybridized carbons (Fsp3) is 0.0455. The summed E-state index contributed by atoms with van der Waals surface area (Å²) in [7, 11) is 2.47. The molecule has 452 valence electrons. The van der Waals surface area contributed by atoms with E-state index in [-0.39, 0.29) is 131 Å². The Morgan fingerprint density at radius 1 is 0.534 bits per heavy atom. The summed E-state index contributed by atoms with van der Waals surface area (Å²) < 4.78 is 8.87. The monoisotopic (exact) mass is 1380 g/mol. The Balaban J connectivity index is -0.000000954. The van der Waals surface area contributed by atoms with Gasteiger partial charge in [-0.25, -0.2) is 54.1 Å². The predicted octanol–water partition coefficient (Wildman–Crippen LogP) is 9.97. The third-order valence-electron chi connectivity index (χ3n) is 8.20. The molecule has 0 atom stereocenters. The molecule has 44 heteroatoms. The number of halogens is 9. The van der Waals surface area contributed by atoms with Crippen molar-refractivity contribution in [3.63, 3.8) is 0 Å². The molecule has 0 saturated carbocycles. The number of ether oxygens (including phenoxy) is 2. The smallest absolute Gasteiger partial charge is 0.870 e. The summed E-state index contributed by atoms with van der Waals surface area (Å²) >= 11 is 43.9. The summed E-state index contributed by atoms with van der Waals surface area (Å²) in [5.74, 6) is -3.66. The van der Waals surface area contributed by atoms with Gasteiger partial charge in [0.15, 0.2) is 28.5 Å². The zero-order valence-electron chi connectivity index (χ0n) is 43.8. The number of aromatic nitrogens is 7. The van der Waals surface area contributed by atoms with Gasteiger partial charge in [-0.3, -0.25) is 14.9 Å². The second-order valence-corrected chi connectivity index (χ2v) is 17.2. The van der Waals surface area contributed by atoms with E-state index in [1.807, 2.05) is 6.07 Å². The summed E-state index contributed by atoms with van der Waals surface area (Å²) in [6.45, 7) is 0. The topological polar surface area (TPSA) is 580 Å². The van der Waals surface area contributed by atoms with Crippen molar-refractivity contribution in [3.8, 4) is 12.1 Å². The Hall–Kier alpha value is -9.52. The van der Waals surface area contributed by atoms with Crippen LogP contribution in [0.1, 0.15) is 63.8 Å². The van der Waals surface area contributed by atoms with Gasteiger partial charge >= 0.3 is 48.4 Å². The maximum Gasteiger partial charge on any atom is 1.00 e. The van der Waals surface area contributed by atoms with E-state index >= 15 is 0 Å². The SMILES string of the molecule is COC(=O)c1ncc(Cl)cc1N.COC(=O)c1ncc(Cl)cc1N=[N+]=[N-].Cl.N#Cc1ncc(Cl)cc1N.N#Cc1ncc(Cl)cc1[N+](=O)[O-].Nc1cc(Cl)cnc1C(=O)O.[Li+].[N-]=[N+]=Nc1cc(Cl)cnc1C(=O)Cl.[N-]=[N+]=Nc1cc(Cl)cnc1C(=O)O.[OH-]. The molecule has 0 unspecified atom stereocenters. The van der Waals surface area contributed by atoms with E-state index in [4.69, 9.17) is 147 Å². The van der Waals surface area contributed by atoms with Crippen LogP contribution in [0.25, 0.3) is 31.3 Å². The molecule has 0 saturated heterocycles. The van der Waals surface area contributed by atoms with E-state index in [2.05, 4.69) is 74.4 Å². The first-order valence-electron chi connectivity index (χ1n) is 20.9. The van der Waals surface area contributed by atoms with Gasteiger partial charge in [-0.2, -0.15) is 10.5 Å². The number of aromatic carboxylic acids is 2. The number of azide groups is 3. The van der Waals surface area contributed by atoms with E-state index in [1.165, 1.54) is 94.0 Å². The fourth-order valence-corrected chi connectivity index (χ4v) is 6.04. The number of nitrogen functional groups attached to an aromatic ring is 3. The standard InChI is InChI=1S/C7H5ClN4O2.C7H7ClN2O2.C6H2Cl2N4O.C6H3ClN4O2.C6H2ClN3O2.C6H4ClN3.C6H5ClN2O2.ClH.Li.H2O/c1-14-7(13)6-5(11-12-9)2-4(8)3-10-6;1-12-7(11)6-5(9)2-4(8)3-10-6;7-3-1-4(11-12-9)5(6(8)13)10-2-3;7-3-1-4(10-11-8)5(6(12)13)9-2-3;7-4-1-6(10(11)12)5(2-8)9-3-4;7-4-1-5(9)6(2-8)10-3-4;7-3-1-4(8)5(6(10)11)9-2-3;;;/h2-3H,1H3;2-3H,9H2,1H3;1-2H;1-2H,(H,12,13);1,3H;1,3H,9H2;1-2H,8H2,(H,10,11);1H;;1H2/q;;;;;;;;+1;/p-1. The second kappa shape index (κ2) is 43.2. The minimum absolute atomic E-state index is 0. The van der Waals surface area contributed by atoms with Gasteiger partial charge < -0.3 is 42.4 Å². The molecule has 0 amide bonds. The molecular weight excluding hydrogens is 1350 g/mol.